The first-order valence-electron chi connectivity index (χ1n) is 6.16. The highest BCUT2D eigenvalue weighted by Crippen LogP contribution is 2.26. The maximum Gasteiger partial charge on any atom is 0.238 e. The maximum absolute atomic E-state index is 11.1. The standard InChI is InChI=1S/C12H19N3O2/c1-8(2)15-6-4-5-10(7-15)12-13-11(9(3)16)14-17-12/h8,10H,4-7H2,1-3H3. The molecule has 0 saturated carbocycles. The first-order chi connectivity index (χ1) is 8.08. The van der Waals surface area contributed by atoms with Crippen molar-refractivity contribution in [1.82, 2.24) is 15.0 Å². The molecule has 0 spiro atoms. The van der Waals surface area contributed by atoms with Gasteiger partial charge in [-0.3, -0.25) is 4.79 Å². The van der Waals surface area contributed by atoms with Crippen molar-refractivity contribution in [2.24, 2.45) is 0 Å². The minimum absolute atomic E-state index is 0.142. The van der Waals surface area contributed by atoms with Crippen LogP contribution in [0.2, 0.25) is 0 Å². The summed E-state index contributed by atoms with van der Waals surface area (Å²) in [6, 6.07) is 0.535. The van der Waals surface area contributed by atoms with Crippen molar-refractivity contribution in [1.29, 1.82) is 0 Å². The third-order valence-corrected chi connectivity index (χ3v) is 3.29. The summed E-state index contributed by atoms with van der Waals surface area (Å²) in [5, 5.41) is 3.71. The average Bonchev–Trinajstić information content (AvgIpc) is 2.78. The Labute approximate surface area is 101 Å². The zero-order valence-electron chi connectivity index (χ0n) is 10.6. The van der Waals surface area contributed by atoms with E-state index in [9.17, 15) is 4.79 Å². The van der Waals surface area contributed by atoms with Crippen molar-refractivity contribution in [2.45, 2.75) is 45.6 Å². The number of likely N-dealkylation sites (tertiary alicyclic amines) is 1. The van der Waals surface area contributed by atoms with E-state index in [4.69, 9.17) is 4.52 Å². The number of ketones is 1. The number of carbonyl (C=O) groups excluding carboxylic acids is 1. The Bertz CT molecular complexity index is 400. The van der Waals surface area contributed by atoms with E-state index < -0.39 is 0 Å². The second-order valence-corrected chi connectivity index (χ2v) is 4.94. The van der Waals surface area contributed by atoms with Crippen LogP contribution >= 0.6 is 0 Å². The second kappa shape index (κ2) is 4.96. The topological polar surface area (TPSA) is 59.2 Å². The lowest BCUT2D eigenvalue weighted by atomic mass is 9.97. The largest absolute Gasteiger partial charge is 0.339 e. The van der Waals surface area contributed by atoms with Crippen molar-refractivity contribution >= 4 is 5.78 Å². The maximum atomic E-state index is 11.1. The number of hydrogen-bond donors (Lipinski definition) is 0. The van der Waals surface area contributed by atoms with E-state index in [2.05, 4.69) is 28.9 Å². The van der Waals surface area contributed by atoms with E-state index >= 15 is 0 Å². The zero-order valence-corrected chi connectivity index (χ0v) is 10.6. The molecule has 1 aliphatic rings. The van der Waals surface area contributed by atoms with E-state index in [0.717, 1.165) is 25.9 Å². The van der Waals surface area contributed by atoms with Gasteiger partial charge in [-0.1, -0.05) is 5.16 Å². The van der Waals surface area contributed by atoms with Crippen molar-refractivity contribution in [3.05, 3.63) is 11.7 Å². The molecule has 1 unspecified atom stereocenters. The lowest BCUT2D eigenvalue weighted by Gasteiger charge is -2.33. The Kier molecular flexibility index (Phi) is 3.57. The Morgan fingerprint density at radius 2 is 2.29 bits per heavy atom. The minimum Gasteiger partial charge on any atom is -0.339 e. The van der Waals surface area contributed by atoms with Gasteiger partial charge in [-0.15, -0.1) is 0 Å². The van der Waals surface area contributed by atoms with Gasteiger partial charge < -0.3 is 9.42 Å². The van der Waals surface area contributed by atoms with Crippen molar-refractivity contribution in [3.8, 4) is 0 Å². The Hall–Kier alpha value is -1.23. The van der Waals surface area contributed by atoms with Crippen LogP contribution in [0.4, 0.5) is 0 Å². The number of nitrogens with zero attached hydrogens (tertiary/aromatic N) is 3. The fraction of sp³-hybridized carbons (Fsp3) is 0.750. The predicted molar refractivity (Wildman–Crippen MR) is 63.0 cm³/mol. The van der Waals surface area contributed by atoms with Gasteiger partial charge in [-0.2, -0.15) is 4.98 Å². The highest BCUT2D eigenvalue weighted by molar-refractivity contribution is 5.89. The van der Waals surface area contributed by atoms with E-state index in [1.165, 1.54) is 6.92 Å². The molecule has 17 heavy (non-hydrogen) atoms. The fourth-order valence-electron chi connectivity index (χ4n) is 2.22. The molecular weight excluding hydrogens is 218 g/mol. The molecule has 1 aromatic heterocycles. The predicted octanol–water partition coefficient (Wildman–Crippen LogP) is 1.86. The van der Waals surface area contributed by atoms with Gasteiger partial charge in [-0.25, -0.2) is 0 Å². The Balaban J connectivity index is 2.08. The van der Waals surface area contributed by atoms with E-state index in [1.54, 1.807) is 0 Å². The van der Waals surface area contributed by atoms with Crippen LogP contribution in [0, 0.1) is 0 Å². The zero-order chi connectivity index (χ0) is 12.4. The molecule has 1 fully saturated rings. The van der Waals surface area contributed by atoms with E-state index in [1.807, 2.05) is 0 Å². The smallest absolute Gasteiger partial charge is 0.238 e. The number of piperidine rings is 1. The third-order valence-electron chi connectivity index (χ3n) is 3.29. The van der Waals surface area contributed by atoms with Gasteiger partial charge in [0.1, 0.15) is 0 Å². The van der Waals surface area contributed by atoms with Crippen molar-refractivity contribution in [3.63, 3.8) is 0 Å². The van der Waals surface area contributed by atoms with E-state index in [0.29, 0.717) is 11.9 Å². The van der Waals surface area contributed by atoms with Crippen LogP contribution in [0.25, 0.3) is 0 Å². The minimum atomic E-state index is -0.142. The molecule has 0 N–H and O–H groups in total. The van der Waals surface area contributed by atoms with Crippen molar-refractivity contribution in [2.75, 3.05) is 13.1 Å². The molecule has 1 saturated heterocycles. The molecular formula is C12H19N3O2. The van der Waals surface area contributed by atoms with Crippen LogP contribution in [-0.2, 0) is 0 Å². The molecule has 0 amide bonds. The number of aromatic nitrogens is 2. The second-order valence-electron chi connectivity index (χ2n) is 4.94. The quantitative estimate of drug-likeness (QED) is 0.751. The van der Waals surface area contributed by atoms with Crippen LogP contribution in [0.15, 0.2) is 4.52 Å². The summed E-state index contributed by atoms with van der Waals surface area (Å²) in [4.78, 5) is 17.7. The lowest BCUT2D eigenvalue weighted by molar-refractivity contribution is 0.100. The molecule has 1 atom stereocenters. The summed E-state index contributed by atoms with van der Waals surface area (Å²) < 4.78 is 5.18. The molecule has 0 aromatic carbocycles. The number of hydrogen-bond acceptors (Lipinski definition) is 5. The number of Topliss-reactive ketones (excluding diaryl/α,β-unsaturated/α-hetero) is 1. The molecule has 5 nitrogen and oxygen atoms in total. The molecule has 2 rings (SSSR count). The monoisotopic (exact) mass is 237 g/mol. The summed E-state index contributed by atoms with van der Waals surface area (Å²) in [7, 11) is 0. The molecule has 1 aliphatic heterocycles. The molecule has 0 aliphatic carbocycles. The summed E-state index contributed by atoms with van der Waals surface area (Å²) in [6.45, 7) is 7.91. The highest BCUT2D eigenvalue weighted by atomic mass is 16.5. The summed E-state index contributed by atoms with van der Waals surface area (Å²) >= 11 is 0. The van der Waals surface area contributed by atoms with Gasteiger partial charge in [0, 0.05) is 19.5 Å². The van der Waals surface area contributed by atoms with Crippen LogP contribution in [0.1, 0.15) is 56.0 Å². The first kappa shape index (κ1) is 12.2. The van der Waals surface area contributed by atoms with Gasteiger partial charge in [0.25, 0.3) is 0 Å². The van der Waals surface area contributed by atoms with Crippen LogP contribution < -0.4 is 0 Å². The lowest BCUT2D eigenvalue weighted by Crippen LogP contribution is -2.39. The molecule has 2 heterocycles. The van der Waals surface area contributed by atoms with Crippen LogP contribution in [0.5, 0.6) is 0 Å². The summed E-state index contributed by atoms with van der Waals surface area (Å²) in [5.41, 5.74) is 0. The Morgan fingerprint density at radius 1 is 1.53 bits per heavy atom. The van der Waals surface area contributed by atoms with Crippen LogP contribution in [0.3, 0.4) is 0 Å². The number of rotatable bonds is 3. The molecule has 94 valence electrons. The van der Waals surface area contributed by atoms with Crippen LogP contribution in [-0.4, -0.2) is 40.0 Å². The third kappa shape index (κ3) is 2.72. The fourth-order valence-corrected chi connectivity index (χ4v) is 2.22. The van der Waals surface area contributed by atoms with Gasteiger partial charge in [0.15, 0.2) is 0 Å². The van der Waals surface area contributed by atoms with Crippen molar-refractivity contribution < 1.29 is 9.32 Å². The summed E-state index contributed by atoms with van der Waals surface area (Å²) in [5.74, 6) is 0.936. The number of carbonyl (C=O) groups is 1. The highest BCUT2D eigenvalue weighted by Gasteiger charge is 2.27. The van der Waals surface area contributed by atoms with Gasteiger partial charge in [0.2, 0.25) is 17.5 Å². The van der Waals surface area contributed by atoms with E-state index in [-0.39, 0.29) is 17.5 Å². The first-order valence-corrected chi connectivity index (χ1v) is 6.16. The Morgan fingerprint density at radius 3 is 2.88 bits per heavy atom. The normalized spacial score (nSPS) is 22.0. The van der Waals surface area contributed by atoms with Gasteiger partial charge in [-0.05, 0) is 33.2 Å². The molecule has 0 radical (unpaired) electrons. The molecule has 5 heteroatoms. The molecule has 0 bridgehead atoms. The SMILES string of the molecule is CC(=O)c1noc(C2CCCN(C(C)C)C2)n1. The summed E-state index contributed by atoms with van der Waals surface area (Å²) in [6.07, 6.45) is 2.20. The molecule has 1 aromatic rings. The van der Waals surface area contributed by atoms with Gasteiger partial charge in [0.05, 0.1) is 5.92 Å². The van der Waals surface area contributed by atoms with Gasteiger partial charge >= 0.3 is 0 Å². The average molecular weight is 237 g/mol.